The number of nitro groups is 1. The zero-order valence-corrected chi connectivity index (χ0v) is 18.1. The highest BCUT2D eigenvalue weighted by Crippen LogP contribution is 2.21. The van der Waals surface area contributed by atoms with Gasteiger partial charge in [-0.1, -0.05) is 24.3 Å². The Morgan fingerprint density at radius 2 is 1.66 bits per heavy atom. The number of rotatable bonds is 6. The number of benzene rings is 1. The van der Waals surface area contributed by atoms with Gasteiger partial charge in [-0.2, -0.15) is 0 Å². The van der Waals surface area contributed by atoms with Gasteiger partial charge in [0.05, 0.1) is 11.0 Å². The summed E-state index contributed by atoms with van der Waals surface area (Å²) >= 11 is 0. The van der Waals surface area contributed by atoms with E-state index in [4.69, 9.17) is 9.47 Å². The van der Waals surface area contributed by atoms with Crippen LogP contribution in [-0.4, -0.2) is 34.2 Å². The zero-order chi connectivity index (χ0) is 22.4. The quantitative estimate of drug-likeness (QED) is 0.326. The molecule has 0 bridgehead atoms. The molecule has 29 heavy (non-hydrogen) atoms. The number of carbonyl (C=O) groups excluding carboxylic acids is 2. The molecule has 0 unspecified atom stereocenters. The molecular weight excluding hydrogens is 376 g/mol. The van der Waals surface area contributed by atoms with Crippen LogP contribution < -0.4 is 5.32 Å². The van der Waals surface area contributed by atoms with E-state index in [9.17, 15) is 19.7 Å². The van der Waals surface area contributed by atoms with E-state index in [0.29, 0.717) is 5.56 Å². The molecule has 1 N–H and O–H groups in total. The summed E-state index contributed by atoms with van der Waals surface area (Å²) in [5.74, 6) is -0.531. The average molecular weight is 406 g/mol. The number of ether oxygens (including phenoxy) is 2. The number of alkyl carbamates (subject to hydrolysis) is 1. The van der Waals surface area contributed by atoms with Crippen molar-refractivity contribution in [2.24, 2.45) is 0 Å². The lowest BCUT2D eigenvalue weighted by atomic mass is 10.0. The second-order valence-corrected chi connectivity index (χ2v) is 8.69. The fraction of sp³-hybridized carbons (Fsp3) is 0.524. The molecule has 1 amide bonds. The number of hydrogen-bond acceptors (Lipinski definition) is 6. The third-order valence-corrected chi connectivity index (χ3v) is 3.50. The summed E-state index contributed by atoms with van der Waals surface area (Å²) < 4.78 is 10.6. The molecule has 8 nitrogen and oxygen atoms in total. The molecule has 0 aliphatic rings. The van der Waals surface area contributed by atoms with Gasteiger partial charge in [-0.15, -0.1) is 0 Å². The molecule has 0 heterocycles. The van der Waals surface area contributed by atoms with Crippen molar-refractivity contribution < 1.29 is 24.0 Å². The minimum absolute atomic E-state index is 0.0631. The number of esters is 1. The number of para-hydroxylation sites is 1. The Balaban J connectivity index is 3.15. The summed E-state index contributed by atoms with van der Waals surface area (Å²) in [6.07, 6.45) is 0.944. The molecule has 1 rings (SSSR count). The highest BCUT2D eigenvalue weighted by molar-refractivity contribution is 5.88. The maximum atomic E-state index is 12.3. The Morgan fingerprint density at radius 1 is 1.10 bits per heavy atom. The van der Waals surface area contributed by atoms with Crippen LogP contribution in [0.4, 0.5) is 10.5 Å². The Bertz CT molecular complexity index is 787. The first-order valence-electron chi connectivity index (χ1n) is 9.31. The molecule has 0 spiro atoms. The van der Waals surface area contributed by atoms with Crippen LogP contribution in [0, 0.1) is 10.1 Å². The van der Waals surface area contributed by atoms with E-state index in [1.807, 2.05) is 0 Å². The Morgan fingerprint density at radius 3 is 2.17 bits per heavy atom. The third-order valence-electron chi connectivity index (χ3n) is 3.50. The van der Waals surface area contributed by atoms with Gasteiger partial charge in [-0.05, 0) is 48.5 Å². The summed E-state index contributed by atoms with van der Waals surface area (Å²) in [5, 5.41) is 14.0. The number of hydrogen-bond donors (Lipinski definition) is 1. The summed E-state index contributed by atoms with van der Waals surface area (Å²) in [5.41, 5.74) is -0.742. The Labute approximate surface area is 171 Å². The maximum Gasteiger partial charge on any atom is 0.408 e. The Hall–Kier alpha value is -2.90. The Kier molecular flexibility index (Phi) is 7.94. The lowest BCUT2D eigenvalue weighted by Crippen LogP contribution is -2.39. The third kappa shape index (κ3) is 9.23. The topological polar surface area (TPSA) is 108 Å². The minimum Gasteiger partial charge on any atom is -0.457 e. The monoisotopic (exact) mass is 406 g/mol. The molecule has 0 aromatic heterocycles. The number of nitro benzene ring substituents is 1. The van der Waals surface area contributed by atoms with E-state index in [1.54, 1.807) is 66.7 Å². The van der Waals surface area contributed by atoms with Gasteiger partial charge >= 0.3 is 12.1 Å². The first-order chi connectivity index (χ1) is 13.2. The summed E-state index contributed by atoms with van der Waals surface area (Å²) in [7, 11) is 0. The van der Waals surface area contributed by atoms with Crippen molar-refractivity contribution in [3.8, 4) is 0 Å². The number of amides is 1. The second-order valence-electron chi connectivity index (χ2n) is 8.69. The minimum atomic E-state index is -0.711. The summed E-state index contributed by atoms with van der Waals surface area (Å²) in [6, 6.07) is 5.54. The van der Waals surface area contributed by atoms with Gasteiger partial charge in [0.2, 0.25) is 0 Å². The molecule has 1 aromatic rings. The van der Waals surface area contributed by atoms with E-state index in [0.717, 1.165) is 0 Å². The molecule has 160 valence electrons. The van der Waals surface area contributed by atoms with Crippen LogP contribution in [0.5, 0.6) is 0 Å². The van der Waals surface area contributed by atoms with Gasteiger partial charge in [0.25, 0.3) is 5.69 Å². The maximum absolute atomic E-state index is 12.3. The molecule has 0 saturated carbocycles. The van der Waals surface area contributed by atoms with Gasteiger partial charge in [0.15, 0.2) is 0 Å². The lowest BCUT2D eigenvalue weighted by molar-refractivity contribution is -0.385. The van der Waals surface area contributed by atoms with Crippen LogP contribution in [0.25, 0.3) is 0 Å². The zero-order valence-electron chi connectivity index (χ0n) is 18.1. The predicted molar refractivity (Wildman–Crippen MR) is 110 cm³/mol. The van der Waals surface area contributed by atoms with Crippen LogP contribution in [0.2, 0.25) is 0 Å². The summed E-state index contributed by atoms with van der Waals surface area (Å²) in [4.78, 5) is 35.4. The standard InChI is InChI=1S/C21H30N2O6/c1-14(18(24)28-20(2,3)4)12-16(22-19(25)29-21(5,6)7)13-15-10-8-9-11-17(15)23(26)27/h8-12,16H,13H2,1-7H3,(H,22,25)/b14-12+/t16-/m1/s1. The molecule has 1 aromatic carbocycles. The van der Waals surface area contributed by atoms with Crippen molar-refractivity contribution in [3.63, 3.8) is 0 Å². The fourth-order valence-corrected chi connectivity index (χ4v) is 2.44. The average Bonchev–Trinajstić information content (AvgIpc) is 2.51. The van der Waals surface area contributed by atoms with Crippen molar-refractivity contribution >= 4 is 17.7 Å². The van der Waals surface area contributed by atoms with E-state index in [-0.39, 0.29) is 17.7 Å². The van der Waals surface area contributed by atoms with Crippen LogP contribution in [0.1, 0.15) is 54.0 Å². The van der Waals surface area contributed by atoms with E-state index >= 15 is 0 Å². The first kappa shape index (κ1) is 24.1. The number of nitrogens with one attached hydrogen (secondary N) is 1. The highest BCUT2D eigenvalue weighted by atomic mass is 16.6. The smallest absolute Gasteiger partial charge is 0.408 e. The van der Waals surface area contributed by atoms with Gasteiger partial charge in [-0.3, -0.25) is 10.1 Å². The molecule has 0 aliphatic heterocycles. The van der Waals surface area contributed by atoms with Crippen molar-refractivity contribution in [1.82, 2.24) is 5.32 Å². The van der Waals surface area contributed by atoms with Gasteiger partial charge in [0, 0.05) is 23.6 Å². The second kappa shape index (κ2) is 9.54. The normalized spacial score (nSPS) is 13.4. The highest BCUT2D eigenvalue weighted by Gasteiger charge is 2.23. The predicted octanol–water partition coefficient (Wildman–Crippen LogP) is 4.32. The molecule has 1 atom stereocenters. The van der Waals surface area contributed by atoms with Crippen molar-refractivity contribution in [2.75, 3.05) is 0 Å². The van der Waals surface area contributed by atoms with E-state index < -0.39 is 34.2 Å². The van der Waals surface area contributed by atoms with Gasteiger partial charge in [0.1, 0.15) is 11.2 Å². The fourth-order valence-electron chi connectivity index (χ4n) is 2.44. The number of nitrogens with zero attached hydrogens (tertiary/aromatic N) is 1. The number of carbonyl (C=O) groups is 2. The van der Waals surface area contributed by atoms with Crippen LogP contribution >= 0.6 is 0 Å². The summed E-state index contributed by atoms with van der Waals surface area (Å²) in [6.45, 7) is 12.0. The van der Waals surface area contributed by atoms with Gasteiger partial charge in [-0.25, -0.2) is 9.59 Å². The molecular formula is C21H30N2O6. The van der Waals surface area contributed by atoms with Crippen molar-refractivity contribution in [3.05, 3.63) is 51.6 Å². The SMILES string of the molecule is C/C(=C\[C@H](Cc1ccccc1[N+](=O)[O-])NC(=O)OC(C)(C)C)C(=O)OC(C)(C)C. The van der Waals surface area contributed by atoms with E-state index in [2.05, 4.69) is 5.32 Å². The van der Waals surface area contributed by atoms with Crippen LogP contribution in [0.3, 0.4) is 0 Å². The van der Waals surface area contributed by atoms with E-state index in [1.165, 1.54) is 12.1 Å². The first-order valence-corrected chi connectivity index (χ1v) is 9.31. The van der Waals surface area contributed by atoms with Crippen LogP contribution in [-0.2, 0) is 20.7 Å². The molecule has 8 heteroatoms. The molecule has 0 aliphatic carbocycles. The lowest BCUT2D eigenvalue weighted by Gasteiger charge is -2.23. The molecule has 0 saturated heterocycles. The van der Waals surface area contributed by atoms with Crippen LogP contribution in [0.15, 0.2) is 35.9 Å². The largest absolute Gasteiger partial charge is 0.457 e. The molecule has 0 fully saturated rings. The molecule has 0 radical (unpaired) electrons. The van der Waals surface area contributed by atoms with Crippen molar-refractivity contribution in [2.45, 2.75) is 72.1 Å². The van der Waals surface area contributed by atoms with Crippen molar-refractivity contribution in [1.29, 1.82) is 0 Å². The van der Waals surface area contributed by atoms with Gasteiger partial charge < -0.3 is 14.8 Å².